The van der Waals surface area contributed by atoms with Gasteiger partial charge in [0.05, 0.1) is 11.6 Å². The number of nitrogens with zero attached hydrogens (tertiary/aromatic N) is 2. The molecular formula is C13H10N3O4P. The Hall–Kier alpha value is -2.26. The molecule has 0 spiro atoms. The molecule has 21 heavy (non-hydrogen) atoms. The zero-order valence-electron chi connectivity index (χ0n) is 11.2. The molecule has 0 aliphatic heterocycles. The van der Waals surface area contributed by atoms with Crippen LogP contribution in [0.1, 0.15) is 21.6 Å². The molecule has 1 aromatic carbocycles. The molecule has 2 aromatic rings. The first-order chi connectivity index (χ1) is 10.1. The Kier molecular flexibility index (Phi) is 3.03. The third-order valence-corrected chi connectivity index (χ3v) is 5.21. The first kappa shape index (κ1) is 13.7. The topological polar surface area (TPSA) is 105 Å². The molecule has 0 atom stereocenters. The van der Waals surface area contributed by atoms with Gasteiger partial charge >= 0.3 is 7.60 Å². The van der Waals surface area contributed by atoms with Gasteiger partial charge in [-0.2, -0.15) is 10.4 Å². The molecule has 0 fully saturated rings. The van der Waals surface area contributed by atoms with Crippen molar-refractivity contribution in [2.45, 2.75) is 0 Å². The Morgan fingerprint density at radius 1 is 1.29 bits per heavy atom. The predicted molar refractivity (Wildman–Crippen MR) is 73.4 cm³/mol. The monoisotopic (exact) mass is 303 g/mol. The number of benzene rings is 1. The number of nitrogens with one attached hydrogen (secondary N) is 1. The molecule has 0 unspecified atom stereocenters. The quantitative estimate of drug-likeness (QED) is 0.737. The molecule has 1 aliphatic carbocycles. The van der Waals surface area contributed by atoms with Gasteiger partial charge in [0.15, 0.2) is 5.44 Å². The van der Waals surface area contributed by atoms with Gasteiger partial charge in [0.25, 0.3) is 0 Å². The van der Waals surface area contributed by atoms with Crippen molar-refractivity contribution in [1.29, 1.82) is 5.26 Å². The number of aromatic amines is 1. The number of hydrogen-bond acceptors (Lipinski definition) is 6. The molecule has 106 valence electrons. The zero-order valence-corrected chi connectivity index (χ0v) is 12.1. The van der Waals surface area contributed by atoms with Gasteiger partial charge in [-0.15, -0.1) is 0 Å². The number of aromatic nitrogens is 2. The lowest BCUT2D eigenvalue weighted by atomic mass is 10.0. The van der Waals surface area contributed by atoms with E-state index in [-0.39, 0.29) is 16.9 Å². The molecule has 0 saturated carbocycles. The van der Waals surface area contributed by atoms with Crippen LogP contribution in [0.15, 0.2) is 18.2 Å². The van der Waals surface area contributed by atoms with E-state index in [1.165, 1.54) is 14.2 Å². The maximum Gasteiger partial charge on any atom is 0.379 e. The second kappa shape index (κ2) is 4.64. The van der Waals surface area contributed by atoms with Gasteiger partial charge in [-0.05, 0) is 23.8 Å². The Bertz CT molecular complexity index is 842. The van der Waals surface area contributed by atoms with E-state index in [4.69, 9.17) is 14.3 Å². The number of carbonyl (C=O) groups excluding carboxylic acids is 1. The van der Waals surface area contributed by atoms with Crippen molar-refractivity contribution in [3.63, 3.8) is 0 Å². The number of H-pyrrole nitrogens is 1. The van der Waals surface area contributed by atoms with Crippen LogP contribution in [-0.4, -0.2) is 30.2 Å². The van der Waals surface area contributed by atoms with E-state index in [1.54, 1.807) is 18.2 Å². The van der Waals surface area contributed by atoms with E-state index in [1.807, 2.05) is 6.07 Å². The molecule has 1 aliphatic rings. The van der Waals surface area contributed by atoms with Crippen molar-refractivity contribution in [3.05, 3.63) is 35.0 Å². The lowest BCUT2D eigenvalue weighted by molar-refractivity contribution is 0.103. The molecule has 0 radical (unpaired) electrons. The van der Waals surface area contributed by atoms with Gasteiger partial charge in [-0.25, -0.2) is 0 Å². The minimum absolute atomic E-state index is 0.115. The SMILES string of the molecule is COP(=O)(OC)c1[nH]nc2c1-c1cc(C#N)ccc1C2=O. The lowest BCUT2D eigenvalue weighted by Gasteiger charge is -2.13. The second-order valence-corrected chi connectivity index (χ2v) is 6.53. The Balaban J connectivity index is 2.31. The van der Waals surface area contributed by atoms with Crippen LogP contribution in [0.25, 0.3) is 11.1 Å². The van der Waals surface area contributed by atoms with Crippen molar-refractivity contribution in [3.8, 4) is 17.2 Å². The summed E-state index contributed by atoms with van der Waals surface area (Å²) in [6, 6.07) is 6.69. The summed E-state index contributed by atoms with van der Waals surface area (Å²) in [6.45, 7) is 0. The number of hydrogen-bond donors (Lipinski definition) is 1. The first-order valence-corrected chi connectivity index (χ1v) is 7.49. The third-order valence-electron chi connectivity index (χ3n) is 3.38. The summed E-state index contributed by atoms with van der Waals surface area (Å²) < 4.78 is 22.5. The van der Waals surface area contributed by atoms with Gasteiger partial charge in [-0.3, -0.25) is 14.5 Å². The fraction of sp³-hybridized carbons (Fsp3) is 0.154. The largest absolute Gasteiger partial charge is 0.379 e. The Morgan fingerprint density at radius 2 is 2.00 bits per heavy atom. The molecule has 8 heteroatoms. The average Bonchev–Trinajstić information content (AvgIpc) is 3.07. The maximum absolute atomic E-state index is 12.6. The van der Waals surface area contributed by atoms with Crippen molar-refractivity contribution < 1.29 is 18.4 Å². The van der Waals surface area contributed by atoms with Gasteiger partial charge in [0.2, 0.25) is 5.78 Å². The summed E-state index contributed by atoms with van der Waals surface area (Å²) in [7, 11) is -1.08. The van der Waals surface area contributed by atoms with E-state index in [2.05, 4.69) is 10.2 Å². The minimum atomic E-state index is -3.59. The summed E-state index contributed by atoms with van der Waals surface area (Å²) in [5.41, 5.74) is 1.96. The van der Waals surface area contributed by atoms with E-state index in [0.717, 1.165) is 0 Å². The van der Waals surface area contributed by atoms with Crippen molar-refractivity contribution in [2.24, 2.45) is 0 Å². The standard InChI is InChI=1S/C13H10N3O4P/c1-19-21(18,20-2)13-10-9-5-7(6-14)3-4-8(9)12(17)11(10)15-16-13/h3-5H,1-2H3,(H,15,16). The van der Waals surface area contributed by atoms with Gasteiger partial charge in [0, 0.05) is 25.3 Å². The summed E-state index contributed by atoms with van der Waals surface area (Å²) in [4.78, 5) is 12.3. The van der Waals surface area contributed by atoms with Crippen LogP contribution in [-0.2, 0) is 13.6 Å². The molecule has 0 bridgehead atoms. The van der Waals surface area contributed by atoms with Crippen LogP contribution in [0, 0.1) is 11.3 Å². The normalized spacial score (nSPS) is 12.9. The highest BCUT2D eigenvalue weighted by molar-refractivity contribution is 7.62. The average molecular weight is 303 g/mol. The summed E-state index contributed by atoms with van der Waals surface area (Å²) >= 11 is 0. The fourth-order valence-electron chi connectivity index (χ4n) is 2.35. The van der Waals surface area contributed by atoms with Crippen LogP contribution in [0.3, 0.4) is 0 Å². The first-order valence-electron chi connectivity index (χ1n) is 5.95. The summed E-state index contributed by atoms with van der Waals surface area (Å²) in [6.07, 6.45) is 0. The van der Waals surface area contributed by atoms with E-state index >= 15 is 0 Å². The van der Waals surface area contributed by atoms with Crippen LogP contribution in [0.4, 0.5) is 0 Å². The maximum atomic E-state index is 12.6. The second-order valence-electron chi connectivity index (χ2n) is 4.36. The van der Waals surface area contributed by atoms with Gasteiger partial charge in [-0.1, -0.05) is 0 Å². The predicted octanol–water partition coefficient (Wildman–Crippen LogP) is 1.60. The highest BCUT2D eigenvalue weighted by Gasteiger charge is 2.39. The molecule has 1 aromatic heterocycles. The van der Waals surface area contributed by atoms with Crippen LogP contribution in [0.5, 0.6) is 0 Å². The van der Waals surface area contributed by atoms with E-state index < -0.39 is 7.60 Å². The van der Waals surface area contributed by atoms with Crippen molar-refractivity contribution in [2.75, 3.05) is 14.2 Å². The molecule has 3 rings (SSSR count). The molecule has 7 nitrogen and oxygen atoms in total. The lowest BCUT2D eigenvalue weighted by Crippen LogP contribution is -2.11. The van der Waals surface area contributed by atoms with Crippen LogP contribution in [0.2, 0.25) is 0 Å². The molecule has 1 N–H and O–H groups in total. The Labute approximate surface area is 120 Å². The van der Waals surface area contributed by atoms with E-state index in [9.17, 15) is 9.36 Å². The molecule has 0 saturated heterocycles. The van der Waals surface area contributed by atoms with E-state index in [0.29, 0.717) is 22.3 Å². The number of rotatable bonds is 3. The summed E-state index contributed by atoms with van der Waals surface area (Å²) in [5, 5.41) is 15.5. The molecule has 0 amide bonds. The molecule has 1 heterocycles. The number of ketones is 1. The van der Waals surface area contributed by atoms with Gasteiger partial charge in [0.1, 0.15) is 5.69 Å². The third kappa shape index (κ3) is 1.78. The zero-order chi connectivity index (χ0) is 15.2. The highest BCUT2D eigenvalue weighted by Crippen LogP contribution is 2.49. The number of fused-ring (bicyclic) bond motifs is 3. The minimum Gasteiger partial charge on any atom is -0.308 e. The highest BCUT2D eigenvalue weighted by atomic mass is 31.2. The Morgan fingerprint density at radius 3 is 2.62 bits per heavy atom. The van der Waals surface area contributed by atoms with Gasteiger partial charge < -0.3 is 9.05 Å². The van der Waals surface area contributed by atoms with Crippen molar-refractivity contribution in [1.82, 2.24) is 10.2 Å². The van der Waals surface area contributed by atoms with Crippen LogP contribution >= 0.6 is 7.60 Å². The van der Waals surface area contributed by atoms with Crippen molar-refractivity contribution >= 4 is 18.8 Å². The smallest absolute Gasteiger partial charge is 0.308 e. The number of carbonyl (C=O) groups is 1. The fourth-order valence-corrected chi connectivity index (χ4v) is 3.54. The summed E-state index contributed by atoms with van der Waals surface area (Å²) in [5.74, 6) is -0.286. The molecular weight excluding hydrogens is 293 g/mol. The number of nitriles is 1. The van der Waals surface area contributed by atoms with Crippen LogP contribution < -0.4 is 5.44 Å².